The van der Waals surface area contributed by atoms with Crippen molar-refractivity contribution in [2.24, 2.45) is 0 Å². The Labute approximate surface area is 214 Å². The van der Waals surface area contributed by atoms with Crippen LogP contribution in [-0.2, 0) is 6.42 Å². The van der Waals surface area contributed by atoms with Crippen molar-refractivity contribution < 1.29 is 17.9 Å². The van der Waals surface area contributed by atoms with Crippen LogP contribution in [0, 0.1) is 11.6 Å². The predicted octanol–water partition coefficient (Wildman–Crippen LogP) is 7.86. The van der Waals surface area contributed by atoms with Gasteiger partial charge in [-0.1, -0.05) is 47.0 Å². The molecule has 190 valence electrons. The summed E-state index contributed by atoms with van der Waals surface area (Å²) in [5.41, 5.74) is 1.08. The highest BCUT2D eigenvalue weighted by Gasteiger charge is 2.41. The first-order valence-corrected chi connectivity index (χ1v) is 13.5. The Hall–Kier alpha value is -1.99. The van der Waals surface area contributed by atoms with Crippen LogP contribution in [0.1, 0.15) is 69.3 Å². The lowest BCUT2D eigenvalue weighted by Gasteiger charge is -2.43. The van der Waals surface area contributed by atoms with E-state index in [1.807, 2.05) is 36.1 Å². The number of ether oxygens (including phenoxy) is 1. The van der Waals surface area contributed by atoms with Gasteiger partial charge in [0.1, 0.15) is 23.1 Å². The molecule has 0 bridgehead atoms. The first-order chi connectivity index (χ1) is 16.7. The van der Waals surface area contributed by atoms with E-state index in [9.17, 15) is 4.39 Å². The quantitative estimate of drug-likeness (QED) is 0.205. The average molecular weight is 551 g/mol. The summed E-state index contributed by atoms with van der Waals surface area (Å²) in [6, 6.07) is 9.52. The topological polar surface area (TPSA) is 28.3 Å². The molecule has 1 N–H and O–H groups in total. The van der Waals surface area contributed by atoms with Crippen LogP contribution in [-0.4, -0.2) is 40.1 Å². The minimum Gasteiger partial charge on any atom is -0.493 e. The van der Waals surface area contributed by atoms with Crippen molar-refractivity contribution in [2.45, 2.75) is 70.6 Å². The van der Waals surface area contributed by atoms with Crippen molar-refractivity contribution in [3.05, 3.63) is 64.9 Å². The molecule has 0 fully saturated rings. The molecule has 0 spiro atoms. The fourth-order valence-electron chi connectivity index (χ4n) is 5.14. The zero-order valence-electron chi connectivity index (χ0n) is 20.6. The van der Waals surface area contributed by atoms with Crippen LogP contribution in [0.3, 0.4) is 0 Å². The Kier molecular flexibility index (Phi) is 8.16. The molecular weight excluding hydrogens is 517 g/mol. The number of fused-ring (bicyclic) bond motifs is 3. The van der Waals surface area contributed by atoms with Gasteiger partial charge in [0.05, 0.1) is 12.6 Å². The second-order valence-electron chi connectivity index (χ2n) is 10.2. The lowest BCUT2D eigenvalue weighted by molar-refractivity contribution is 0.0642. The number of rotatable bonds is 10. The summed E-state index contributed by atoms with van der Waals surface area (Å²) in [6.07, 6.45) is 4.69. The number of nitrogens with one attached hydrogen (secondary N) is 1. The molecule has 1 aliphatic heterocycles. The summed E-state index contributed by atoms with van der Waals surface area (Å²) in [5.74, 6) is -1.17. The fourth-order valence-corrected chi connectivity index (χ4v) is 5.54. The molecule has 0 saturated heterocycles. The fraction of sp³-hybridized carbons (Fsp3) is 0.500. The van der Waals surface area contributed by atoms with E-state index in [2.05, 4.69) is 20.9 Å². The zero-order valence-corrected chi connectivity index (χ0v) is 22.2. The van der Waals surface area contributed by atoms with Crippen LogP contribution in [0.2, 0.25) is 0 Å². The van der Waals surface area contributed by atoms with Crippen LogP contribution in [0.4, 0.5) is 13.2 Å². The molecule has 2 aromatic carbocycles. The van der Waals surface area contributed by atoms with E-state index in [0.29, 0.717) is 13.0 Å². The number of para-hydroxylation sites is 1. The number of halogens is 4. The van der Waals surface area contributed by atoms with E-state index in [0.717, 1.165) is 53.2 Å². The number of nitrogens with zero attached hydrogens (tertiary/aromatic N) is 1. The van der Waals surface area contributed by atoms with Gasteiger partial charge in [0, 0.05) is 52.2 Å². The average Bonchev–Trinajstić information content (AvgIpc) is 3.15. The normalized spacial score (nSPS) is 18.7. The molecule has 7 heteroatoms. The third-order valence-corrected chi connectivity index (χ3v) is 7.26. The lowest BCUT2D eigenvalue weighted by atomic mass is 9.87. The van der Waals surface area contributed by atoms with Gasteiger partial charge < -0.3 is 9.72 Å². The van der Waals surface area contributed by atoms with Crippen molar-refractivity contribution in [1.29, 1.82) is 0 Å². The van der Waals surface area contributed by atoms with Crippen LogP contribution < -0.4 is 4.74 Å². The monoisotopic (exact) mass is 550 g/mol. The third-order valence-electron chi connectivity index (χ3n) is 6.70. The zero-order chi connectivity index (χ0) is 25.2. The molecule has 4 rings (SSSR count). The van der Waals surface area contributed by atoms with Gasteiger partial charge in [-0.05, 0) is 51.7 Å². The molecule has 0 amide bonds. The Bertz CT molecular complexity index is 1130. The molecule has 3 aromatic rings. The highest BCUT2D eigenvalue weighted by atomic mass is 79.9. The van der Waals surface area contributed by atoms with E-state index in [1.165, 1.54) is 26.0 Å². The molecule has 3 nitrogen and oxygen atoms in total. The van der Waals surface area contributed by atoms with Crippen molar-refractivity contribution in [3.8, 4) is 5.75 Å². The SMILES string of the molecule is C[C@@H]1Cc2c([nH]c3ccccc23)[C@@H](c2c(F)cc(OCCCCCCBr)cc2F)N1CC(C)(C)F. The second-order valence-corrected chi connectivity index (χ2v) is 11.0. The van der Waals surface area contributed by atoms with Crippen LogP contribution in [0.5, 0.6) is 5.75 Å². The highest BCUT2D eigenvalue weighted by Crippen LogP contribution is 2.43. The predicted molar refractivity (Wildman–Crippen MR) is 139 cm³/mol. The summed E-state index contributed by atoms with van der Waals surface area (Å²) >= 11 is 3.41. The van der Waals surface area contributed by atoms with Gasteiger partial charge in [-0.15, -0.1) is 0 Å². The molecule has 1 aliphatic rings. The van der Waals surface area contributed by atoms with Gasteiger partial charge in [-0.2, -0.15) is 0 Å². The Balaban J connectivity index is 1.70. The molecule has 35 heavy (non-hydrogen) atoms. The van der Waals surface area contributed by atoms with Gasteiger partial charge in [-0.3, -0.25) is 4.90 Å². The summed E-state index contributed by atoms with van der Waals surface area (Å²) < 4.78 is 51.7. The molecule has 1 aromatic heterocycles. The first-order valence-electron chi connectivity index (χ1n) is 12.4. The number of aromatic amines is 1. The molecule has 0 aliphatic carbocycles. The van der Waals surface area contributed by atoms with Crippen molar-refractivity contribution in [1.82, 2.24) is 9.88 Å². The molecule has 2 heterocycles. The molecular formula is C28H34BrF3N2O. The summed E-state index contributed by atoms with van der Waals surface area (Å²) in [4.78, 5) is 5.28. The van der Waals surface area contributed by atoms with E-state index >= 15 is 8.78 Å². The number of hydrogen-bond donors (Lipinski definition) is 1. The lowest BCUT2D eigenvalue weighted by Crippen LogP contribution is -2.48. The molecule has 0 unspecified atom stereocenters. The number of benzene rings is 2. The maximum Gasteiger partial charge on any atom is 0.135 e. The van der Waals surface area contributed by atoms with Gasteiger partial charge in [0.25, 0.3) is 0 Å². The van der Waals surface area contributed by atoms with E-state index in [1.54, 1.807) is 0 Å². The van der Waals surface area contributed by atoms with Crippen LogP contribution in [0.25, 0.3) is 10.9 Å². The summed E-state index contributed by atoms with van der Waals surface area (Å²) in [7, 11) is 0. The van der Waals surface area contributed by atoms with Gasteiger partial charge in [0.2, 0.25) is 0 Å². The number of aromatic nitrogens is 1. The Morgan fingerprint density at radius 2 is 1.77 bits per heavy atom. The van der Waals surface area contributed by atoms with Crippen molar-refractivity contribution >= 4 is 26.8 Å². The summed E-state index contributed by atoms with van der Waals surface area (Å²) in [6.45, 7) is 5.46. The Morgan fingerprint density at radius 1 is 1.09 bits per heavy atom. The smallest absolute Gasteiger partial charge is 0.135 e. The Morgan fingerprint density at radius 3 is 2.46 bits per heavy atom. The van der Waals surface area contributed by atoms with Gasteiger partial charge >= 0.3 is 0 Å². The number of unbranched alkanes of at least 4 members (excludes halogenated alkanes) is 3. The maximum absolute atomic E-state index is 15.6. The van der Waals surface area contributed by atoms with Crippen molar-refractivity contribution in [2.75, 3.05) is 18.5 Å². The second kappa shape index (κ2) is 11.0. The molecule has 0 saturated carbocycles. The molecule has 0 radical (unpaired) electrons. The highest BCUT2D eigenvalue weighted by molar-refractivity contribution is 9.09. The summed E-state index contributed by atoms with van der Waals surface area (Å²) in [5, 5.41) is 2.01. The van der Waals surface area contributed by atoms with Crippen molar-refractivity contribution in [3.63, 3.8) is 0 Å². The standard InChI is InChI=1S/C28H34BrF3N2O/c1-18-14-21-20-10-6-7-11-24(20)33-26(21)27(34(18)17-28(2,3)32)25-22(30)15-19(16-23(25)31)35-13-9-5-4-8-12-29/h6-7,10-11,15-16,18,27,33H,4-5,8-9,12-14,17H2,1-3H3/t18-,27-/m1/s1. The van der Waals surface area contributed by atoms with Crippen LogP contribution in [0.15, 0.2) is 36.4 Å². The first kappa shape index (κ1) is 26.1. The third kappa shape index (κ3) is 5.88. The van der Waals surface area contributed by atoms with E-state index in [-0.39, 0.29) is 23.9 Å². The minimum atomic E-state index is -1.53. The molecule has 2 atom stereocenters. The number of alkyl halides is 2. The minimum absolute atomic E-state index is 0.0547. The van der Waals surface area contributed by atoms with Crippen LogP contribution >= 0.6 is 15.9 Å². The van der Waals surface area contributed by atoms with Gasteiger partial charge in [-0.25, -0.2) is 13.2 Å². The number of hydrogen-bond acceptors (Lipinski definition) is 2. The van der Waals surface area contributed by atoms with E-state index < -0.39 is 23.3 Å². The van der Waals surface area contributed by atoms with Gasteiger partial charge in [0.15, 0.2) is 0 Å². The largest absolute Gasteiger partial charge is 0.493 e. The van der Waals surface area contributed by atoms with E-state index in [4.69, 9.17) is 4.74 Å². The maximum atomic E-state index is 15.6. The number of H-pyrrole nitrogens is 1.